The molecule has 112 valence electrons. The number of hydrogen-bond acceptors (Lipinski definition) is 2. The first-order valence-corrected chi connectivity index (χ1v) is 7.46. The van der Waals surface area contributed by atoms with Crippen LogP contribution in [0, 0.1) is 0 Å². The lowest BCUT2D eigenvalue weighted by atomic mass is 9.87. The third kappa shape index (κ3) is 3.76. The van der Waals surface area contributed by atoms with Gasteiger partial charge in [0, 0.05) is 19.6 Å². The molecule has 1 aliphatic rings. The highest BCUT2D eigenvalue weighted by atomic mass is 19.3. The molecule has 2 rings (SSSR count). The fourth-order valence-corrected chi connectivity index (χ4v) is 2.93. The van der Waals surface area contributed by atoms with E-state index in [9.17, 15) is 8.78 Å². The fourth-order valence-electron chi connectivity index (χ4n) is 2.93. The van der Waals surface area contributed by atoms with Crippen molar-refractivity contribution in [2.24, 2.45) is 0 Å². The molecule has 2 nitrogen and oxygen atoms in total. The van der Waals surface area contributed by atoms with Crippen LogP contribution in [0.15, 0.2) is 30.3 Å². The molecule has 0 atom stereocenters. The van der Waals surface area contributed by atoms with Gasteiger partial charge in [0.25, 0.3) is 6.43 Å². The smallest absolute Gasteiger partial charge is 0.256 e. The predicted octanol–water partition coefficient (Wildman–Crippen LogP) is 2.94. The number of nitrogens with one attached hydrogen (secondary N) is 1. The summed E-state index contributed by atoms with van der Waals surface area (Å²) < 4.78 is 26.5. The molecule has 0 radical (unpaired) electrons. The number of rotatable bonds is 6. The van der Waals surface area contributed by atoms with E-state index >= 15 is 0 Å². The highest BCUT2D eigenvalue weighted by Crippen LogP contribution is 2.28. The Morgan fingerprint density at radius 3 is 2.40 bits per heavy atom. The van der Waals surface area contributed by atoms with Crippen LogP contribution in [0.1, 0.15) is 25.3 Å². The number of benzene rings is 1. The van der Waals surface area contributed by atoms with E-state index in [-0.39, 0.29) is 0 Å². The standard InChI is InChI=1S/C16H24F2N2/c1-2-19-16(15(17)18)9-12-20(13-10-16)11-8-14-6-4-3-5-7-14/h3-7,15,19H,2,8-13H2,1H3. The van der Waals surface area contributed by atoms with Gasteiger partial charge in [0.15, 0.2) is 0 Å². The normalized spacial score (nSPS) is 19.4. The minimum atomic E-state index is -2.28. The second kappa shape index (κ2) is 7.14. The van der Waals surface area contributed by atoms with Gasteiger partial charge < -0.3 is 10.2 Å². The first-order valence-electron chi connectivity index (χ1n) is 7.46. The molecule has 0 bridgehead atoms. The van der Waals surface area contributed by atoms with Gasteiger partial charge in [0.2, 0.25) is 0 Å². The van der Waals surface area contributed by atoms with E-state index in [1.807, 2.05) is 25.1 Å². The Morgan fingerprint density at radius 1 is 1.20 bits per heavy atom. The zero-order chi connectivity index (χ0) is 14.4. The molecule has 20 heavy (non-hydrogen) atoms. The van der Waals surface area contributed by atoms with Crippen LogP contribution in [-0.4, -0.2) is 43.0 Å². The summed E-state index contributed by atoms with van der Waals surface area (Å²) in [6, 6.07) is 10.3. The van der Waals surface area contributed by atoms with Crippen molar-refractivity contribution in [1.29, 1.82) is 0 Å². The molecule has 1 fully saturated rings. The van der Waals surface area contributed by atoms with Crippen LogP contribution in [0.2, 0.25) is 0 Å². The number of nitrogens with zero attached hydrogens (tertiary/aromatic N) is 1. The number of alkyl halides is 2. The molecule has 1 heterocycles. The van der Waals surface area contributed by atoms with Crippen LogP contribution < -0.4 is 5.32 Å². The topological polar surface area (TPSA) is 15.3 Å². The minimum Gasteiger partial charge on any atom is -0.307 e. The monoisotopic (exact) mass is 282 g/mol. The number of piperidine rings is 1. The molecular formula is C16H24F2N2. The number of likely N-dealkylation sites (tertiary alicyclic amines) is 1. The van der Waals surface area contributed by atoms with Crippen molar-refractivity contribution < 1.29 is 8.78 Å². The summed E-state index contributed by atoms with van der Waals surface area (Å²) in [6.07, 6.45) is -0.219. The molecule has 4 heteroatoms. The molecular weight excluding hydrogens is 258 g/mol. The molecule has 0 aromatic heterocycles. The van der Waals surface area contributed by atoms with Crippen molar-refractivity contribution in [3.63, 3.8) is 0 Å². The number of halogens is 2. The first kappa shape index (κ1) is 15.4. The lowest BCUT2D eigenvalue weighted by Gasteiger charge is -2.41. The molecule has 1 aliphatic heterocycles. The van der Waals surface area contributed by atoms with Crippen LogP contribution in [0.3, 0.4) is 0 Å². The Balaban J connectivity index is 1.81. The Labute approximate surface area is 120 Å². The second-order valence-electron chi connectivity index (χ2n) is 5.56. The summed E-state index contributed by atoms with van der Waals surface area (Å²) >= 11 is 0. The maximum absolute atomic E-state index is 13.3. The van der Waals surface area contributed by atoms with Gasteiger partial charge in [-0.05, 0) is 31.4 Å². The van der Waals surface area contributed by atoms with Crippen LogP contribution >= 0.6 is 0 Å². The van der Waals surface area contributed by atoms with E-state index < -0.39 is 12.0 Å². The quantitative estimate of drug-likeness (QED) is 0.863. The zero-order valence-electron chi connectivity index (χ0n) is 12.1. The lowest BCUT2D eigenvalue weighted by Crippen LogP contribution is -2.58. The number of hydrogen-bond donors (Lipinski definition) is 1. The third-order valence-corrected chi connectivity index (χ3v) is 4.25. The van der Waals surface area contributed by atoms with E-state index in [1.54, 1.807) is 0 Å². The van der Waals surface area contributed by atoms with Gasteiger partial charge in [-0.25, -0.2) is 8.78 Å². The summed E-state index contributed by atoms with van der Waals surface area (Å²) in [5, 5.41) is 3.02. The second-order valence-corrected chi connectivity index (χ2v) is 5.56. The summed E-state index contributed by atoms with van der Waals surface area (Å²) in [6.45, 7) is 4.96. The predicted molar refractivity (Wildman–Crippen MR) is 78.2 cm³/mol. The van der Waals surface area contributed by atoms with Gasteiger partial charge in [-0.3, -0.25) is 0 Å². The van der Waals surface area contributed by atoms with E-state index in [0.717, 1.165) is 26.1 Å². The molecule has 0 aliphatic carbocycles. The summed E-state index contributed by atoms with van der Waals surface area (Å²) in [7, 11) is 0. The van der Waals surface area contributed by atoms with Crippen LogP contribution in [0.4, 0.5) is 8.78 Å². The van der Waals surface area contributed by atoms with Crippen molar-refractivity contribution in [3.8, 4) is 0 Å². The Bertz CT molecular complexity index is 387. The first-order chi connectivity index (χ1) is 9.66. The van der Waals surface area contributed by atoms with Crippen molar-refractivity contribution in [3.05, 3.63) is 35.9 Å². The van der Waals surface area contributed by atoms with Gasteiger partial charge in [-0.2, -0.15) is 0 Å². The van der Waals surface area contributed by atoms with E-state index in [1.165, 1.54) is 5.56 Å². The SMILES string of the molecule is CCNC1(C(F)F)CCN(CCc2ccccc2)CC1. The maximum atomic E-state index is 13.3. The largest absolute Gasteiger partial charge is 0.307 e. The van der Waals surface area contributed by atoms with Crippen LogP contribution in [0.25, 0.3) is 0 Å². The molecule has 0 saturated carbocycles. The molecule has 0 amide bonds. The molecule has 0 spiro atoms. The molecule has 0 unspecified atom stereocenters. The van der Waals surface area contributed by atoms with Gasteiger partial charge >= 0.3 is 0 Å². The van der Waals surface area contributed by atoms with Gasteiger partial charge in [0.1, 0.15) is 0 Å². The Morgan fingerprint density at radius 2 is 1.85 bits per heavy atom. The maximum Gasteiger partial charge on any atom is 0.256 e. The molecule has 1 N–H and O–H groups in total. The van der Waals surface area contributed by atoms with Crippen molar-refractivity contribution in [1.82, 2.24) is 10.2 Å². The van der Waals surface area contributed by atoms with E-state index in [0.29, 0.717) is 19.4 Å². The van der Waals surface area contributed by atoms with Crippen LogP contribution in [-0.2, 0) is 6.42 Å². The summed E-state index contributed by atoms with van der Waals surface area (Å²) in [5.41, 5.74) is 0.350. The average molecular weight is 282 g/mol. The highest BCUT2D eigenvalue weighted by Gasteiger charge is 2.41. The van der Waals surface area contributed by atoms with Gasteiger partial charge in [-0.15, -0.1) is 0 Å². The lowest BCUT2D eigenvalue weighted by molar-refractivity contribution is -0.00988. The fraction of sp³-hybridized carbons (Fsp3) is 0.625. The Hall–Kier alpha value is -1.00. The van der Waals surface area contributed by atoms with Gasteiger partial charge in [0.05, 0.1) is 5.54 Å². The zero-order valence-corrected chi connectivity index (χ0v) is 12.1. The van der Waals surface area contributed by atoms with Crippen molar-refractivity contribution >= 4 is 0 Å². The van der Waals surface area contributed by atoms with Crippen LogP contribution in [0.5, 0.6) is 0 Å². The summed E-state index contributed by atoms with van der Waals surface area (Å²) in [4.78, 5) is 2.30. The third-order valence-electron chi connectivity index (χ3n) is 4.25. The molecule has 1 aromatic rings. The molecule has 1 aromatic carbocycles. The minimum absolute atomic E-state index is 0.535. The van der Waals surface area contributed by atoms with Crippen molar-refractivity contribution in [2.45, 2.75) is 38.2 Å². The van der Waals surface area contributed by atoms with Gasteiger partial charge in [-0.1, -0.05) is 37.3 Å². The molecule has 1 saturated heterocycles. The van der Waals surface area contributed by atoms with E-state index in [4.69, 9.17) is 0 Å². The van der Waals surface area contributed by atoms with E-state index in [2.05, 4.69) is 22.3 Å². The Kier molecular flexibility index (Phi) is 5.49. The highest BCUT2D eigenvalue weighted by molar-refractivity contribution is 5.15. The summed E-state index contributed by atoms with van der Waals surface area (Å²) in [5.74, 6) is 0. The van der Waals surface area contributed by atoms with Crippen molar-refractivity contribution in [2.75, 3.05) is 26.2 Å². The average Bonchev–Trinajstić information content (AvgIpc) is 2.48.